The lowest BCUT2D eigenvalue weighted by atomic mass is 9.48. The Morgan fingerprint density at radius 2 is 2.19 bits per heavy atom. The topological polar surface area (TPSA) is 102 Å². The van der Waals surface area contributed by atoms with Gasteiger partial charge in [0.15, 0.2) is 11.5 Å². The molecular formula is C20H26N2O5. The molecule has 1 aromatic rings. The highest BCUT2D eigenvalue weighted by atomic mass is 16.5. The summed E-state index contributed by atoms with van der Waals surface area (Å²) in [5.41, 5.74) is 0.522. The summed E-state index contributed by atoms with van der Waals surface area (Å²) in [6.07, 6.45) is 2.29. The number of ether oxygens (including phenoxy) is 1. The second-order valence-corrected chi connectivity index (χ2v) is 8.70. The SMILES string of the molecule is C[C@H](N[C@@H]1CC[C@@]2(O)C3Cc4ccc(O)c5c4[C@@]2(CCN3C)[C@H]1O5)C(=O)O. The Hall–Kier alpha value is -1.83. The number of benzene rings is 1. The van der Waals surface area contributed by atoms with Crippen LogP contribution < -0.4 is 10.1 Å². The van der Waals surface area contributed by atoms with Gasteiger partial charge in [0, 0.05) is 17.6 Å². The van der Waals surface area contributed by atoms with Gasteiger partial charge in [0.05, 0.1) is 11.0 Å². The number of likely N-dealkylation sites (tertiary alicyclic amines) is 1. The predicted octanol–water partition coefficient (Wildman–Crippen LogP) is 0.607. The van der Waals surface area contributed by atoms with Crippen LogP contribution in [0.3, 0.4) is 0 Å². The number of rotatable bonds is 3. The second kappa shape index (κ2) is 5.37. The zero-order chi connectivity index (χ0) is 19.1. The van der Waals surface area contributed by atoms with Crippen molar-refractivity contribution in [2.45, 2.75) is 67.9 Å². The maximum absolute atomic E-state index is 12.0. The highest BCUT2D eigenvalue weighted by Gasteiger charge is 2.72. The molecule has 27 heavy (non-hydrogen) atoms. The number of nitrogens with zero attached hydrogens (tertiary/aromatic N) is 1. The lowest BCUT2D eigenvalue weighted by Crippen LogP contribution is -2.78. The van der Waals surface area contributed by atoms with Crippen molar-refractivity contribution in [3.63, 3.8) is 0 Å². The fourth-order valence-electron chi connectivity index (χ4n) is 6.32. The van der Waals surface area contributed by atoms with E-state index in [0.29, 0.717) is 18.6 Å². The van der Waals surface area contributed by atoms with Crippen LogP contribution >= 0.6 is 0 Å². The van der Waals surface area contributed by atoms with Gasteiger partial charge in [-0.1, -0.05) is 6.07 Å². The predicted molar refractivity (Wildman–Crippen MR) is 97.1 cm³/mol. The molecule has 5 rings (SSSR count). The number of carboxylic acid groups (broad SMARTS) is 1. The Bertz CT molecular complexity index is 829. The smallest absolute Gasteiger partial charge is 0.320 e. The molecule has 2 fully saturated rings. The number of hydrogen-bond donors (Lipinski definition) is 4. The first-order chi connectivity index (χ1) is 12.8. The molecular weight excluding hydrogens is 348 g/mol. The maximum Gasteiger partial charge on any atom is 0.320 e. The summed E-state index contributed by atoms with van der Waals surface area (Å²) in [4.78, 5) is 13.6. The van der Waals surface area contributed by atoms with E-state index >= 15 is 0 Å². The third-order valence-corrected chi connectivity index (χ3v) is 7.56. The molecule has 146 valence electrons. The fraction of sp³-hybridized carbons (Fsp3) is 0.650. The Labute approximate surface area is 157 Å². The van der Waals surface area contributed by atoms with Crippen molar-refractivity contribution < 1.29 is 24.9 Å². The quantitative estimate of drug-likeness (QED) is 0.615. The number of hydrogen-bond acceptors (Lipinski definition) is 6. The molecule has 6 atom stereocenters. The number of nitrogens with one attached hydrogen (secondary N) is 1. The Balaban J connectivity index is 1.68. The fourth-order valence-corrected chi connectivity index (χ4v) is 6.32. The van der Waals surface area contributed by atoms with Crippen molar-refractivity contribution in [1.82, 2.24) is 10.2 Å². The van der Waals surface area contributed by atoms with E-state index in [9.17, 15) is 20.1 Å². The van der Waals surface area contributed by atoms with Crippen LogP contribution in [0.1, 0.15) is 37.3 Å². The standard InChI is InChI=1S/C20H26N2O5/c1-10(18(24)25)21-12-5-6-20(26)14-9-11-3-4-13(23)16-15(11)19(20,17(12)27-16)7-8-22(14)2/h3-4,10,12,14,17,21,23,26H,5-9H2,1-2H3,(H,24,25)/t10-,12+,14?,17-,19-,20+/m0/s1. The van der Waals surface area contributed by atoms with Crippen molar-refractivity contribution in [1.29, 1.82) is 0 Å². The molecule has 1 aromatic carbocycles. The number of carboxylic acids is 1. The third kappa shape index (κ3) is 1.94. The summed E-state index contributed by atoms with van der Waals surface area (Å²) < 4.78 is 6.32. The van der Waals surface area contributed by atoms with Crippen LogP contribution in [0.2, 0.25) is 0 Å². The molecule has 0 amide bonds. The zero-order valence-electron chi connectivity index (χ0n) is 15.6. The van der Waals surface area contributed by atoms with E-state index in [1.165, 1.54) is 0 Å². The van der Waals surface area contributed by atoms with Crippen LogP contribution in [0, 0.1) is 0 Å². The summed E-state index contributed by atoms with van der Waals surface area (Å²) in [7, 11) is 2.06. The lowest BCUT2D eigenvalue weighted by molar-refractivity contribution is -0.187. The minimum Gasteiger partial charge on any atom is -0.504 e. The number of likely N-dealkylation sites (N-methyl/N-ethyl adjacent to an activating group) is 1. The highest BCUT2D eigenvalue weighted by Crippen LogP contribution is 2.65. The van der Waals surface area contributed by atoms with Crippen molar-refractivity contribution in [2.24, 2.45) is 0 Å². The minimum atomic E-state index is -0.943. The van der Waals surface area contributed by atoms with Gasteiger partial charge < -0.3 is 25.0 Å². The van der Waals surface area contributed by atoms with Crippen molar-refractivity contribution in [3.8, 4) is 11.5 Å². The number of aliphatic hydroxyl groups is 1. The molecule has 0 aromatic heterocycles. The molecule has 1 spiro atoms. The first-order valence-corrected chi connectivity index (χ1v) is 9.73. The first-order valence-electron chi connectivity index (χ1n) is 9.73. The largest absolute Gasteiger partial charge is 0.504 e. The molecule has 1 unspecified atom stereocenters. The zero-order valence-corrected chi connectivity index (χ0v) is 15.6. The van der Waals surface area contributed by atoms with Gasteiger partial charge in [0.25, 0.3) is 0 Å². The first kappa shape index (κ1) is 17.3. The van der Waals surface area contributed by atoms with E-state index in [-0.39, 0.29) is 17.8 Å². The Morgan fingerprint density at radius 3 is 2.93 bits per heavy atom. The average molecular weight is 374 g/mol. The van der Waals surface area contributed by atoms with Crippen LogP contribution in [-0.2, 0) is 16.6 Å². The molecule has 0 radical (unpaired) electrons. The summed E-state index contributed by atoms with van der Waals surface area (Å²) >= 11 is 0. The molecule has 2 aliphatic carbocycles. The number of carbonyl (C=O) groups is 1. The van der Waals surface area contributed by atoms with Crippen molar-refractivity contribution in [2.75, 3.05) is 13.6 Å². The molecule has 2 heterocycles. The van der Waals surface area contributed by atoms with E-state index in [4.69, 9.17) is 4.74 Å². The van der Waals surface area contributed by atoms with Crippen molar-refractivity contribution >= 4 is 5.97 Å². The highest BCUT2D eigenvalue weighted by molar-refractivity contribution is 5.73. The molecule has 7 heteroatoms. The van der Waals surface area contributed by atoms with E-state index in [0.717, 1.165) is 30.5 Å². The van der Waals surface area contributed by atoms with Gasteiger partial charge in [0.2, 0.25) is 0 Å². The number of aliphatic carboxylic acids is 1. The molecule has 2 bridgehead atoms. The summed E-state index contributed by atoms with van der Waals surface area (Å²) in [5, 5.41) is 35.0. The van der Waals surface area contributed by atoms with Crippen LogP contribution in [0.4, 0.5) is 0 Å². The van der Waals surface area contributed by atoms with E-state index in [1.54, 1.807) is 13.0 Å². The van der Waals surface area contributed by atoms with Gasteiger partial charge in [-0.05, 0) is 57.8 Å². The number of piperidine rings is 1. The monoisotopic (exact) mass is 374 g/mol. The Morgan fingerprint density at radius 1 is 1.41 bits per heavy atom. The van der Waals surface area contributed by atoms with E-state index < -0.39 is 29.1 Å². The second-order valence-electron chi connectivity index (χ2n) is 8.70. The summed E-state index contributed by atoms with van der Waals surface area (Å²) in [6.45, 7) is 2.46. The molecule has 1 saturated carbocycles. The van der Waals surface area contributed by atoms with Gasteiger partial charge in [-0.3, -0.25) is 10.1 Å². The molecule has 2 aliphatic heterocycles. The molecule has 4 aliphatic rings. The summed E-state index contributed by atoms with van der Waals surface area (Å²) in [6, 6.07) is 2.72. The van der Waals surface area contributed by atoms with Gasteiger partial charge >= 0.3 is 5.97 Å². The van der Waals surface area contributed by atoms with Crippen LogP contribution in [0.15, 0.2) is 12.1 Å². The Kier molecular flexibility index (Phi) is 3.44. The van der Waals surface area contributed by atoms with Crippen molar-refractivity contribution in [3.05, 3.63) is 23.3 Å². The van der Waals surface area contributed by atoms with E-state index in [2.05, 4.69) is 17.3 Å². The van der Waals surface area contributed by atoms with E-state index in [1.807, 2.05) is 6.07 Å². The number of aromatic hydroxyl groups is 1. The van der Waals surface area contributed by atoms with Gasteiger partial charge in [0.1, 0.15) is 12.1 Å². The van der Waals surface area contributed by atoms with Gasteiger partial charge in [-0.2, -0.15) is 0 Å². The maximum atomic E-state index is 12.0. The molecule has 1 saturated heterocycles. The van der Waals surface area contributed by atoms with Gasteiger partial charge in [-0.15, -0.1) is 0 Å². The van der Waals surface area contributed by atoms with Crippen LogP contribution in [-0.4, -0.2) is 69.6 Å². The third-order valence-electron chi connectivity index (χ3n) is 7.56. The number of phenolic OH excluding ortho intramolecular Hbond substituents is 1. The molecule has 4 N–H and O–H groups in total. The van der Waals surface area contributed by atoms with Gasteiger partial charge in [-0.25, -0.2) is 0 Å². The molecule has 7 nitrogen and oxygen atoms in total. The lowest BCUT2D eigenvalue weighted by Gasteiger charge is -2.63. The minimum absolute atomic E-state index is 0.00168. The average Bonchev–Trinajstić information content (AvgIpc) is 2.98. The van der Waals surface area contributed by atoms with Crippen LogP contribution in [0.5, 0.6) is 11.5 Å². The normalized spacial score (nSPS) is 40.2. The van der Waals surface area contributed by atoms with Crippen LogP contribution in [0.25, 0.3) is 0 Å². The summed E-state index contributed by atoms with van der Waals surface area (Å²) in [5.74, 6) is -0.324. The number of phenols is 1.